The lowest BCUT2D eigenvalue weighted by Gasteiger charge is -2.13. The number of nitrogens with one attached hydrogen (secondary N) is 1. The van der Waals surface area contributed by atoms with Crippen molar-refractivity contribution in [3.63, 3.8) is 0 Å². The van der Waals surface area contributed by atoms with E-state index in [0.717, 1.165) is 10.2 Å². The molecule has 0 atom stereocenters. The first-order valence-corrected chi connectivity index (χ1v) is 18.2. The normalized spacial score (nSPS) is 12.0. The molecule has 51 heavy (non-hydrogen) atoms. The van der Waals surface area contributed by atoms with Crippen molar-refractivity contribution in [1.29, 1.82) is 0 Å². The Bertz CT molecular complexity index is 3140. The van der Waals surface area contributed by atoms with Crippen LogP contribution < -0.4 is 0 Å². The van der Waals surface area contributed by atoms with Crippen LogP contribution in [0.4, 0.5) is 0 Å². The Kier molecular flexibility index (Phi) is 6.14. The van der Waals surface area contributed by atoms with Gasteiger partial charge in [-0.3, -0.25) is 0 Å². The maximum atomic E-state index is 3.76. The van der Waals surface area contributed by atoms with Gasteiger partial charge in [0.05, 0.1) is 11.0 Å². The minimum atomic E-state index is 1.08. The molecule has 0 saturated heterocycles. The summed E-state index contributed by atoms with van der Waals surface area (Å²) in [6.07, 6.45) is 0. The average Bonchev–Trinajstić information content (AvgIpc) is 3.73. The first kappa shape index (κ1) is 28.7. The number of hydrogen-bond donors (Lipinski definition) is 1. The molecule has 9 aromatic carbocycles. The molecule has 238 valence electrons. The highest BCUT2D eigenvalue weighted by Crippen LogP contribution is 2.46. The number of nitrogens with zero attached hydrogens (tertiary/aromatic N) is 1. The van der Waals surface area contributed by atoms with Gasteiger partial charge in [-0.05, 0) is 110 Å². The van der Waals surface area contributed by atoms with Gasteiger partial charge in [0.2, 0.25) is 0 Å². The first-order chi connectivity index (χ1) is 25.2. The van der Waals surface area contributed by atoms with E-state index >= 15 is 0 Å². The number of fused-ring (bicyclic) bond motifs is 3. The molecule has 0 aliphatic heterocycles. The Balaban J connectivity index is 1.10. The quantitative estimate of drug-likeness (QED) is 0.187. The van der Waals surface area contributed by atoms with Crippen molar-refractivity contribution in [2.45, 2.75) is 0 Å². The molecule has 0 amide bonds. The minimum absolute atomic E-state index is 1.08. The van der Waals surface area contributed by atoms with Crippen LogP contribution >= 0.6 is 15.9 Å². The minimum Gasteiger partial charge on any atom is -0.354 e. The van der Waals surface area contributed by atoms with E-state index < -0.39 is 0 Å². The Morgan fingerprint density at radius 1 is 0.373 bits per heavy atom. The second-order valence-electron chi connectivity index (χ2n) is 13.5. The molecule has 0 fully saturated rings. The van der Waals surface area contributed by atoms with E-state index in [2.05, 4.69) is 195 Å². The molecule has 1 N–H and O–H groups in total. The summed E-state index contributed by atoms with van der Waals surface area (Å²) in [5, 5.41) is 10.3. The largest absolute Gasteiger partial charge is 0.354 e. The molecule has 3 heteroatoms. The van der Waals surface area contributed by atoms with E-state index in [1.54, 1.807) is 0 Å². The third-order valence-electron chi connectivity index (χ3n) is 10.7. The monoisotopic (exact) mass is 712 g/mol. The molecule has 11 aromatic rings. The van der Waals surface area contributed by atoms with E-state index in [9.17, 15) is 0 Å². The van der Waals surface area contributed by atoms with Crippen LogP contribution in [0.5, 0.6) is 0 Å². The number of benzene rings is 8. The molecule has 11 rings (SSSR count). The summed E-state index contributed by atoms with van der Waals surface area (Å²) in [5.41, 5.74) is 13.2. The van der Waals surface area contributed by atoms with Crippen LogP contribution in [0.1, 0.15) is 0 Å². The van der Waals surface area contributed by atoms with Crippen LogP contribution in [0.15, 0.2) is 174 Å². The Hall–Kier alpha value is -6.16. The highest BCUT2D eigenvalue weighted by molar-refractivity contribution is 9.10. The summed E-state index contributed by atoms with van der Waals surface area (Å²) >= 11 is 3.66. The molecule has 0 radical (unpaired) electrons. The van der Waals surface area contributed by atoms with Crippen LogP contribution in [-0.2, 0) is 0 Å². The number of aromatic nitrogens is 2. The van der Waals surface area contributed by atoms with E-state index in [4.69, 9.17) is 0 Å². The zero-order valence-electron chi connectivity index (χ0n) is 27.5. The Morgan fingerprint density at radius 2 is 0.961 bits per heavy atom. The first-order valence-electron chi connectivity index (χ1n) is 17.4. The molecule has 2 nitrogen and oxygen atoms in total. The summed E-state index contributed by atoms with van der Waals surface area (Å²) in [6, 6.07) is 62.1. The van der Waals surface area contributed by atoms with Crippen LogP contribution in [0, 0.1) is 0 Å². The van der Waals surface area contributed by atoms with E-state index in [-0.39, 0.29) is 0 Å². The smallest absolute Gasteiger partial charge is 0.0549 e. The molecule has 0 bridgehead atoms. The van der Waals surface area contributed by atoms with Crippen LogP contribution in [0.2, 0.25) is 0 Å². The van der Waals surface area contributed by atoms with Gasteiger partial charge in [-0.15, -0.1) is 0 Å². The lowest BCUT2D eigenvalue weighted by molar-refractivity contribution is 1.18. The van der Waals surface area contributed by atoms with Gasteiger partial charge in [-0.1, -0.05) is 131 Å². The molecular formula is C48H29BrN2. The van der Waals surface area contributed by atoms with Gasteiger partial charge in [0.15, 0.2) is 0 Å². The molecule has 0 spiro atoms. The molecular weight excluding hydrogens is 684 g/mol. The number of halogens is 1. The van der Waals surface area contributed by atoms with Gasteiger partial charge in [0.25, 0.3) is 0 Å². The van der Waals surface area contributed by atoms with Crippen molar-refractivity contribution in [2.75, 3.05) is 0 Å². The summed E-state index contributed by atoms with van der Waals surface area (Å²) in [4.78, 5) is 3.76. The third kappa shape index (κ3) is 4.22. The summed E-state index contributed by atoms with van der Waals surface area (Å²) in [5.74, 6) is 0. The third-order valence-corrected chi connectivity index (χ3v) is 11.2. The highest BCUT2D eigenvalue weighted by atomic mass is 79.9. The van der Waals surface area contributed by atoms with Crippen molar-refractivity contribution in [2.24, 2.45) is 0 Å². The second-order valence-corrected chi connectivity index (χ2v) is 14.4. The second kappa shape index (κ2) is 10.9. The van der Waals surface area contributed by atoms with E-state index in [1.165, 1.54) is 98.5 Å². The molecule has 0 unspecified atom stereocenters. The molecule has 0 aliphatic carbocycles. The SMILES string of the molecule is Brc1cccc(-c2ccccc2-c2cccc(-c3ccc(-n4c5cccc6c7ccccc7c7cccc8[nH]c9ccc4c(c9c87)c65)cc3)c2)c1. The molecule has 2 heterocycles. The van der Waals surface area contributed by atoms with Gasteiger partial charge in [-0.2, -0.15) is 0 Å². The van der Waals surface area contributed by atoms with Crippen molar-refractivity contribution in [1.82, 2.24) is 9.55 Å². The fraction of sp³-hybridized carbons (Fsp3) is 0. The van der Waals surface area contributed by atoms with Crippen LogP contribution in [-0.4, -0.2) is 9.55 Å². The van der Waals surface area contributed by atoms with Gasteiger partial charge < -0.3 is 9.55 Å². The zero-order valence-corrected chi connectivity index (χ0v) is 29.1. The van der Waals surface area contributed by atoms with Gasteiger partial charge in [0, 0.05) is 42.7 Å². The number of rotatable bonds is 4. The predicted octanol–water partition coefficient (Wildman–Crippen LogP) is 13.9. The maximum absolute atomic E-state index is 3.76. The summed E-state index contributed by atoms with van der Waals surface area (Å²) < 4.78 is 3.54. The number of hydrogen-bond acceptors (Lipinski definition) is 0. The average molecular weight is 714 g/mol. The lowest BCUT2D eigenvalue weighted by atomic mass is 9.92. The fourth-order valence-electron chi connectivity index (χ4n) is 8.58. The standard InChI is InChI=1S/C48H29BrN2/c49-33-12-6-11-32(28-33)36-14-2-1-13-35(36)31-10-5-9-30(27-31)29-21-23-34(24-22-29)51-43-20-8-18-40-38-16-4-3-15-37(38)39-17-7-19-41-45(39)47-42(50-41)25-26-44(51)48(47)46(40)43/h1-28,50H. The van der Waals surface area contributed by atoms with Crippen molar-refractivity contribution in [3.05, 3.63) is 174 Å². The summed E-state index contributed by atoms with van der Waals surface area (Å²) in [7, 11) is 0. The number of aromatic amines is 1. The van der Waals surface area contributed by atoms with Gasteiger partial charge in [-0.25, -0.2) is 0 Å². The fourth-order valence-corrected chi connectivity index (χ4v) is 8.98. The highest BCUT2D eigenvalue weighted by Gasteiger charge is 2.21. The van der Waals surface area contributed by atoms with Gasteiger partial charge in [0.1, 0.15) is 0 Å². The van der Waals surface area contributed by atoms with E-state index in [1.807, 2.05) is 0 Å². The van der Waals surface area contributed by atoms with Crippen LogP contribution in [0.25, 0.3) is 104 Å². The topological polar surface area (TPSA) is 20.7 Å². The van der Waals surface area contributed by atoms with Crippen molar-refractivity contribution in [3.8, 4) is 39.1 Å². The Morgan fingerprint density at radius 3 is 1.73 bits per heavy atom. The Labute approximate surface area is 302 Å². The van der Waals surface area contributed by atoms with Gasteiger partial charge >= 0.3 is 0 Å². The molecule has 2 aromatic heterocycles. The molecule has 0 aliphatic rings. The maximum Gasteiger partial charge on any atom is 0.0549 e. The van der Waals surface area contributed by atoms with E-state index in [0.29, 0.717) is 0 Å². The van der Waals surface area contributed by atoms with Crippen molar-refractivity contribution >= 4 is 81.1 Å². The lowest BCUT2D eigenvalue weighted by Crippen LogP contribution is -1.93. The molecule has 0 saturated carbocycles. The summed E-state index contributed by atoms with van der Waals surface area (Å²) in [6.45, 7) is 0. The van der Waals surface area contributed by atoms with Crippen molar-refractivity contribution < 1.29 is 0 Å². The number of H-pyrrole nitrogens is 1. The zero-order chi connectivity index (χ0) is 33.6. The predicted molar refractivity (Wildman–Crippen MR) is 220 cm³/mol. The van der Waals surface area contributed by atoms with Crippen LogP contribution in [0.3, 0.4) is 0 Å².